The molecule has 3 N–H and O–H groups in total. The summed E-state index contributed by atoms with van der Waals surface area (Å²) in [6.45, 7) is 2.05. The Hall–Kier alpha value is -1.93. The van der Waals surface area contributed by atoms with Gasteiger partial charge in [-0.1, -0.05) is 6.07 Å². The average Bonchev–Trinajstić information content (AvgIpc) is 2.78. The van der Waals surface area contributed by atoms with E-state index < -0.39 is 15.7 Å². The minimum absolute atomic E-state index is 0.0753. The maximum Gasteiger partial charge on any atom is 0.272 e. The zero-order valence-corrected chi connectivity index (χ0v) is 12.0. The monoisotopic (exact) mass is 296 g/mol. The molecular formula is C12H16N4O3S. The lowest BCUT2D eigenvalue weighted by Crippen LogP contribution is -2.38. The van der Waals surface area contributed by atoms with Crippen LogP contribution in [0.25, 0.3) is 5.52 Å². The van der Waals surface area contributed by atoms with Crippen LogP contribution in [0, 0.1) is 0 Å². The number of pyridine rings is 1. The van der Waals surface area contributed by atoms with Crippen LogP contribution in [0.4, 0.5) is 0 Å². The topological polar surface area (TPSA) is 107 Å². The largest absolute Gasteiger partial charge is 0.347 e. The Labute approximate surface area is 116 Å². The van der Waals surface area contributed by atoms with Gasteiger partial charge >= 0.3 is 0 Å². The number of carbonyl (C=O) groups is 1. The van der Waals surface area contributed by atoms with Crippen LogP contribution in [0.15, 0.2) is 29.6 Å². The molecule has 0 aliphatic carbocycles. The van der Waals surface area contributed by atoms with Crippen molar-refractivity contribution in [2.75, 3.05) is 12.8 Å². The molecule has 20 heavy (non-hydrogen) atoms. The molecule has 0 saturated carbocycles. The van der Waals surface area contributed by atoms with Gasteiger partial charge in [-0.3, -0.25) is 9.20 Å². The highest BCUT2D eigenvalue weighted by atomic mass is 32.2. The van der Waals surface area contributed by atoms with Crippen molar-refractivity contribution in [3.8, 4) is 0 Å². The molecule has 1 amide bonds. The van der Waals surface area contributed by atoms with Gasteiger partial charge in [0.2, 0.25) is 15.0 Å². The maximum atomic E-state index is 12.1. The molecule has 7 nitrogen and oxygen atoms in total. The van der Waals surface area contributed by atoms with E-state index in [-0.39, 0.29) is 23.4 Å². The third-order valence-electron chi connectivity index (χ3n) is 2.79. The van der Waals surface area contributed by atoms with Crippen molar-refractivity contribution >= 4 is 21.3 Å². The predicted molar refractivity (Wildman–Crippen MR) is 74.3 cm³/mol. The first kappa shape index (κ1) is 14.5. The number of nitrogens with one attached hydrogen (secondary N) is 1. The Balaban J connectivity index is 2.58. The number of nitrogens with zero attached hydrogens (tertiary/aromatic N) is 2. The van der Waals surface area contributed by atoms with Crippen LogP contribution in [0.1, 0.15) is 17.4 Å². The molecule has 0 aromatic carbocycles. The fraction of sp³-hybridized carbons (Fsp3) is 0.333. The van der Waals surface area contributed by atoms with Crippen LogP contribution in [-0.2, 0) is 9.84 Å². The summed E-state index contributed by atoms with van der Waals surface area (Å²) < 4.78 is 24.8. The Morgan fingerprint density at radius 3 is 2.80 bits per heavy atom. The Morgan fingerprint density at radius 1 is 1.50 bits per heavy atom. The highest BCUT2D eigenvalue weighted by Gasteiger charge is 2.23. The second kappa shape index (κ2) is 5.22. The van der Waals surface area contributed by atoms with Crippen LogP contribution in [0.2, 0.25) is 0 Å². The van der Waals surface area contributed by atoms with Crippen molar-refractivity contribution < 1.29 is 13.2 Å². The van der Waals surface area contributed by atoms with Gasteiger partial charge in [0.15, 0.2) is 5.69 Å². The first-order valence-corrected chi connectivity index (χ1v) is 7.92. The van der Waals surface area contributed by atoms with E-state index in [9.17, 15) is 13.2 Å². The number of carbonyl (C=O) groups excluding carboxylic acids is 1. The fourth-order valence-corrected chi connectivity index (χ4v) is 2.56. The highest BCUT2D eigenvalue weighted by molar-refractivity contribution is 7.90. The van der Waals surface area contributed by atoms with Gasteiger partial charge < -0.3 is 11.1 Å². The third kappa shape index (κ3) is 2.66. The fourth-order valence-electron chi connectivity index (χ4n) is 1.79. The number of fused-ring (bicyclic) bond motifs is 1. The Bertz CT molecular complexity index is 751. The van der Waals surface area contributed by atoms with Gasteiger partial charge in [0.05, 0.1) is 5.52 Å². The number of imidazole rings is 1. The molecular weight excluding hydrogens is 280 g/mol. The quantitative estimate of drug-likeness (QED) is 0.813. The second-order valence-corrected chi connectivity index (χ2v) is 6.49. The molecule has 0 spiro atoms. The molecule has 2 aromatic rings. The molecule has 0 saturated heterocycles. The number of hydrogen-bond donors (Lipinski definition) is 2. The zero-order chi connectivity index (χ0) is 14.9. The molecule has 2 aromatic heterocycles. The number of aromatic nitrogens is 2. The summed E-state index contributed by atoms with van der Waals surface area (Å²) in [6, 6.07) is 4.81. The molecule has 0 fully saturated rings. The summed E-state index contributed by atoms with van der Waals surface area (Å²) in [5.74, 6) is -0.443. The van der Waals surface area contributed by atoms with E-state index in [4.69, 9.17) is 5.73 Å². The van der Waals surface area contributed by atoms with E-state index >= 15 is 0 Å². The van der Waals surface area contributed by atoms with Gasteiger partial charge in [0.1, 0.15) is 0 Å². The molecule has 2 heterocycles. The molecule has 1 atom stereocenters. The van der Waals surface area contributed by atoms with Gasteiger partial charge in [-0.2, -0.15) is 0 Å². The van der Waals surface area contributed by atoms with E-state index in [2.05, 4.69) is 10.3 Å². The smallest absolute Gasteiger partial charge is 0.272 e. The standard InChI is InChI=1S/C12H16N4O3S/c1-8(7-13)14-11(17)10-9-5-3-4-6-16(9)12(15-10)20(2,18)19/h3-6,8H,7,13H2,1-2H3,(H,14,17)/t8-/m0/s1. The number of sulfone groups is 1. The first-order valence-electron chi connectivity index (χ1n) is 6.02. The van der Waals surface area contributed by atoms with Gasteiger partial charge in [0, 0.05) is 25.0 Å². The maximum absolute atomic E-state index is 12.1. The Morgan fingerprint density at radius 2 is 2.20 bits per heavy atom. The lowest BCUT2D eigenvalue weighted by Gasteiger charge is -2.09. The normalized spacial score (nSPS) is 13.3. The van der Waals surface area contributed by atoms with Crippen LogP contribution >= 0.6 is 0 Å². The van der Waals surface area contributed by atoms with Crippen molar-refractivity contribution in [1.29, 1.82) is 0 Å². The number of nitrogens with two attached hydrogens (primary N) is 1. The third-order valence-corrected chi connectivity index (χ3v) is 3.75. The number of hydrogen-bond acceptors (Lipinski definition) is 5. The minimum Gasteiger partial charge on any atom is -0.347 e. The molecule has 0 aliphatic heterocycles. The average molecular weight is 296 g/mol. The van der Waals surface area contributed by atoms with Gasteiger partial charge in [-0.15, -0.1) is 0 Å². The molecule has 0 bridgehead atoms. The Kier molecular flexibility index (Phi) is 3.78. The van der Waals surface area contributed by atoms with Crippen LogP contribution in [0.5, 0.6) is 0 Å². The van der Waals surface area contributed by atoms with E-state index in [1.807, 2.05) is 0 Å². The summed E-state index contributed by atoms with van der Waals surface area (Å²) in [5.41, 5.74) is 5.96. The molecule has 8 heteroatoms. The van der Waals surface area contributed by atoms with Crippen LogP contribution in [-0.4, -0.2) is 42.6 Å². The number of rotatable bonds is 4. The second-order valence-electron chi connectivity index (χ2n) is 4.58. The molecule has 0 radical (unpaired) electrons. The van der Waals surface area contributed by atoms with Crippen molar-refractivity contribution in [3.63, 3.8) is 0 Å². The van der Waals surface area contributed by atoms with E-state index in [0.717, 1.165) is 6.26 Å². The van der Waals surface area contributed by atoms with Crippen molar-refractivity contribution in [2.24, 2.45) is 5.73 Å². The molecule has 108 valence electrons. The van der Waals surface area contributed by atoms with Crippen LogP contribution < -0.4 is 11.1 Å². The van der Waals surface area contributed by atoms with Crippen molar-refractivity contribution in [3.05, 3.63) is 30.1 Å². The summed E-state index contributed by atoms with van der Waals surface area (Å²) in [6.07, 6.45) is 2.61. The van der Waals surface area contributed by atoms with Gasteiger partial charge in [0.25, 0.3) is 5.91 Å². The summed E-state index contributed by atoms with van der Waals surface area (Å²) in [7, 11) is -3.53. The van der Waals surface area contributed by atoms with E-state index in [1.54, 1.807) is 31.3 Å². The van der Waals surface area contributed by atoms with Gasteiger partial charge in [-0.25, -0.2) is 13.4 Å². The van der Waals surface area contributed by atoms with E-state index in [1.165, 1.54) is 4.40 Å². The summed E-state index contributed by atoms with van der Waals surface area (Å²) in [5, 5.41) is 2.51. The molecule has 2 rings (SSSR count). The molecule has 0 aliphatic rings. The minimum atomic E-state index is -3.53. The summed E-state index contributed by atoms with van der Waals surface area (Å²) >= 11 is 0. The highest BCUT2D eigenvalue weighted by Crippen LogP contribution is 2.16. The van der Waals surface area contributed by atoms with Gasteiger partial charge in [-0.05, 0) is 19.1 Å². The zero-order valence-electron chi connectivity index (χ0n) is 11.2. The summed E-state index contributed by atoms with van der Waals surface area (Å²) in [4.78, 5) is 16.1. The lowest BCUT2D eigenvalue weighted by molar-refractivity contribution is 0.0938. The SMILES string of the molecule is C[C@@H](CN)NC(=O)c1nc(S(C)(=O)=O)n2ccccc12. The van der Waals surface area contributed by atoms with E-state index in [0.29, 0.717) is 5.52 Å². The van der Waals surface area contributed by atoms with Crippen molar-refractivity contribution in [2.45, 2.75) is 18.1 Å². The predicted octanol–water partition coefficient (Wildman–Crippen LogP) is -0.185. The lowest BCUT2D eigenvalue weighted by atomic mass is 10.3. The number of amides is 1. The molecule has 0 unspecified atom stereocenters. The van der Waals surface area contributed by atoms with Crippen molar-refractivity contribution in [1.82, 2.24) is 14.7 Å². The first-order chi connectivity index (χ1) is 9.34. The van der Waals surface area contributed by atoms with Crippen LogP contribution in [0.3, 0.4) is 0 Å².